The molecule has 168 valence electrons. The summed E-state index contributed by atoms with van der Waals surface area (Å²) in [6.07, 6.45) is -9.91. The molecule has 0 aliphatic rings. The lowest BCUT2D eigenvalue weighted by atomic mass is 9.92. The van der Waals surface area contributed by atoms with Gasteiger partial charge in [-0.1, -0.05) is 0 Å². The number of carbonyl (C=O) groups is 1. The van der Waals surface area contributed by atoms with E-state index in [-0.39, 0.29) is 0 Å². The second kappa shape index (κ2) is 7.09. The predicted molar refractivity (Wildman–Crippen MR) is 62.3 cm³/mol. The first kappa shape index (κ1) is 26.5. The summed E-state index contributed by atoms with van der Waals surface area (Å²) in [4.78, 5) is 10.4. The smallest absolute Gasteiger partial charge is 0.460 e. The summed E-state index contributed by atoms with van der Waals surface area (Å²) in [5, 5.41) is 10.4. The number of quaternary nitrogens is 1. The molecule has 3 nitrogen and oxygen atoms in total. The summed E-state index contributed by atoms with van der Waals surface area (Å²) in [7, 11) is 1.60. The molecule has 0 saturated carbocycles. The fourth-order valence-corrected chi connectivity index (χ4v) is 1.83. The highest BCUT2D eigenvalue weighted by molar-refractivity contribution is 5.65. The second-order valence-corrected chi connectivity index (χ2v) is 6.44. The molecule has 0 N–H and O–H groups in total. The van der Waals surface area contributed by atoms with Crippen molar-refractivity contribution in [2.75, 3.05) is 27.2 Å². The third-order valence-corrected chi connectivity index (χ3v) is 3.59. The Morgan fingerprint density at radius 2 is 1.07 bits per heavy atom. The van der Waals surface area contributed by atoms with Crippen LogP contribution in [0.2, 0.25) is 0 Å². The van der Waals surface area contributed by atoms with E-state index in [1.54, 1.807) is 0 Å². The zero-order chi connectivity index (χ0) is 23.2. The van der Waals surface area contributed by atoms with Gasteiger partial charge >= 0.3 is 35.8 Å². The van der Waals surface area contributed by atoms with Gasteiger partial charge in [0.05, 0.1) is 33.0 Å². The van der Waals surface area contributed by atoms with Crippen LogP contribution in [0.3, 0.4) is 0 Å². The van der Waals surface area contributed by atoms with E-state index in [0.717, 1.165) is 14.1 Å². The SMILES string of the molecule is C[N+](C)(CCC(F)(F)C(F)(F)C(F)(F)C(F)(F)C(F)(F)C(F)(F)F)CC(=O)[O-]. The number of halogens is 13. The largest absolute Gasteiger partial charge is 0.544 e. The van der Waals surface area contributed by atoms with Crippen LogP contribution in [-0.2, 0) is 4.79 Å². The van der Waals surface area contributed by atoms with Gasteiger partial charge in [-0.05, 0) is 0 Å². The Hall–Kier alpha value is -1.48. The van der Waals surface area contributed by atoms with E-state index in [1.807, 2.05) is 0 Å². The molecular formula is C12H12F13NO2. The highest BCUT2D eigenvalue weighted by Gasteiger charge is 2.90. The lowest BCUT2D eigenvalue weighted by Gasteiger charge is -2.40. The number of likely N-dealkylation sites (N-methyl/N-ethyl adjacent to an activating group) is 1. The van der Waals surface area contributed by atoms with Crippen molar-refractivity contribution in [3.8, 4) is 0 Å². The van der Waals surface area contributed by atoms with E-state index < -0.39 is 65.8 Å². The molecule has 0 aliphatic heterocycles. The van der Waals surface area contributed by atoms with E-state index in [4.69, 9.17) is 0 Å². The van der Waals surface area contributed by atoms with Crippen molar-refractivity contribution in [2.45, 2.75) is 42.2 Å². The lowest BCUT2D eigenvalue weighted by molar-refractivity contribution is -0.886. The standard InChI is InChI=1S/C12H12F13NO2/c1-26(2,5-6(27)28)4-3-7(13,14)8(15,16)9(17,18)10(19,20)11(21,22)12(23,24)25/h3-5H2,1-2H3. The number of carbonyl (C=O) groups excluding carboxylic acids is 1. The van der Waals surface area contributed by atoms with Crippen LogP contribution in [0.4, 0.5) is 57.1 Å². The number of rotatable bonds is 9. The van der Waals surface area contributed by atoms with Gasteiger partial charge in [-0.15, -0.1) is 0 Å². The molecule has 0 atom stereocenters. The Morgan fingerprint density at radius 1 is 0.714 bits per heavy atom. The lowest BCUT2D eigenvalue weighted by Crippen LogP contribution is -2.70. The molecule has 0 unspecified atom stereocenters. The minimum Gasteiger partial charge on any atom is -0.544 e. The number of hydrogen-bond donors (Lipinski definition) is 0. The van der Waals surface area contributed by atoms with Gasteiger partial charge in [0.15, 0.2) is 0 Å². The zero-order valence-electron chi connectivity index (χ0n) is 13.8. The Balaban J connectivity index is 5.96. The predicted octanol–water partition coefficient (Wildman–Crippen LogP) is 2.94. The highest BCUT2D eigenvalue weighted by atomic mass is 19.4. The molecule has 0 amide bonds. The van der Waals surface area contributed by atoms with Crippen LogP contribution in [-0.4, -0.2) is 73.4 Å². The van der Waals surface area contributed by atoms with Crippen molar-refractivity contribution in [1.82, 2.24) is 0 Å². The molecular weight excluding hydrogens is 437 g/mol. The molecule has 0 bridgehead atoms. The van der Waals surface area contributed by atoms with Gasteiger partial charge in [0.2, 0.25) is 0 Å². The average molecular weight is 449 g/mol. The number of nitrogens with zero attached hydrogens (tertiary/aromatic N) is 1. The minimum absolute atomic E-state index is 0.800. The maximum atomic E-state index is 13.5. The molecule has 0 aromatic heterocycles. The summed E-state index contributed by atoms with van der Waals surface area (Å²) in [6, 6.07) is 0. The summed E-state index contributed by atoms with van der Waals surface area (Å²) >= 11 is 0. The van der Waals surface area contributed by atoms with E-state index in [1.165, 1.54) is 0 Å². The maximum absolute atomic E-state index is 13.5. The van der Waals surface area contributed by atoms with Crippen molar-refractivity contribution >= 4 is 5.97 Å². The van der Waals surface area contributed by atoms with Crippen LogP contribution in [0.25, 0.3) is 0 Å². The van der Waals surface area contributed by atoms with Gasteiger partial charge in [-0.3, -0.25) is 0 Å². The topological polar surface area (TPSA) is 40.1 Å². The monoisotopic (exact) mass is 449 g/mol. The average Bonchev–Trinajstić information content (AvgIpc) is 2.42. The molecule has 0 spiro atoms. The van der Waals surface area contributed by atoms with Crippen molar-refractivity contribution in [2.24, 2.45) is 0 Å². The summed E-state index contributed by atoms with van der Waals surface area (Å²) in [5.74, 6) is -39.0. The Bertz CT molecular complexity index is 583. The summed E-state index contributed by atoms with van der Waals surface area (Å²) in [5.41, 5.74) is 0. The van der Waals surface area contributed by atoms with Crippen LogP contribution in [0.1, 0.15) is 6.42 Å². The molecule has 28 heavy (non-hydrogen) atoms. The molecule has 0 fully saturated rings. The fraction of sp³-hybridized carbons (Fsp3) is 0.917. The Labute approximate surface area is 148 Å². The van der Waals surface area contributed by atoms with E-state index in [2.05, 4.69) is 0 Å². The first-order valence-electron chi connectivity index (χ1n) is 6.85. The maximum Gasteiger partial charge on any atom is 0.460 e. The van der Waals surface area contributed by atoms with E-state index in [9.17, 15) is 67.0 Å². The van der Waals surface area contributed by atoms with Gasteiger partial charge < -0.3 is 14.4 Å². The first-order chi connectivity index (χ1) is 11.9. The third-order valence-electron chi connectivity index (χ3n) is 3.59. The van der Waals surface area contributed by atoms with Crippen molar-refractivity contribution in [3.63, 3.8) is 0 Å². The summed E-state index contributed by atoms with van der Waals surface area (Å²) < 4.78 is 166. The molecule has 0 aromatic carbocycles. The van der Waals surface area contributed by atoms with Gasteiger partial charge in [-0.2, -0.15) is 57.1 Å². The van der Waals surface area contributed by atoms with Crippen LogP contribution >= 0.6 is 0 Å². The van der Waals surface area contributed by atoms with Crippen LogP contribution in [0.5, 0.6) is 0 Å². The van der Waals surface area contributed by atoms with Gasteiger partial charge in [-0.25, -0.2) is 0 Å². The summed E-state index contributed by atoms with van der Waals surface area (Å²) in [6.45, 7) is -2.52. The van der Waals surface area contributed by atoms with Crippen LogP contribution in [0.15, 0.2) is 0 Å². The molecule has 0 saturated heterocycles. The van der Waals surface area contributed by atoms with Gasteiger partial charge in [0.1, 0.15) is 6.54 Å². The van der Waals surface area contributed by atoms with Gasteiger partial charge in [0, 0.05) is 0 Å². The number of hydrogen-bond acceptors (Lipinski definition) is 2. The molecule has 0 aliphatic carbocycles. The minimum atomic E-state index is -7.94. The van der Waals surface area contributed by atoms with Crippen molar-refractivity contribution in [3.05, 3.63) is 0 Å². The third kappa shape index (κ3) is 4.40. The van der Waals surface area contributed by atoms with Crippen molar-refractivity contribution < 1.29 is 71.5 Å². The van der Waals surface area contributed by atoms with E-state index in [0.29, 0.717) is 0 Å². The molecule has 0 heterocycles. The van der Waals surface area contributed by atoms with Gasteiger partial charge in [0.25, 0.3) is 0 Å². The van der Waals surface area contributed by atoms with E-state index >= 15 is 0 Å². The van der Waals surface area contributed by atoms with Crippen LogP contribution in [0, 0.1) is 0 Å². The normalized spacial score (nSPS) is 15.7. The number of carboxylic acids is 1. The Kier molecular flexibility index (Phi) is 6.72. The fourth-order valence-electron chi connectivity index (χ4n) is 1.83. The molecule has 0 radical (unpaired) electrons. The zero-order valence-corrected chi connectivity index (χ0v) is 13.8. The molecule has 16 heteroatoms. The highest BCUT2D eigenvalue weighted by Crippen LogP contribution is 2.60. The number of aliphatic carboxylic acids is 1. The number of carboxylic acid groups (broad SMARTS) is 1. The number of alkyl halides is 13. The first-order valence-corrected chi connectivity index (χ1v) is 6.85. The quantitative estimate of drug-likeness (QED) is 0.402. The molecule has 0 aromatic rings. The van der Waals surface area contributed by atoms with Crippen molar-refractivity contribution in [1.29, 1.82) is 0 Å². The molecule has 0 rings (SSSR count). The van der Waals surface area contributed by atoms with Crippen LogP contribution < -0.4 is 5.11 Å². The Morgan fingerprint density at radius 3 is 1.39 bits per heavy atom. The second-order valence-electron chi connectivity index (χ2n) is 6.44.